The van der Waals surface area contributed by atoms with Gasteiger partial charge in [-0.2, -0.15) is 0 Å². The smallest absolute Gasteiger partial charge is 0.220 e. The maximum Gasteiger partial charge on any atom is 0.220 e. The highest BCUT2D eigenvalue weighted by Crippen LogP contribution is 2.15. The lowest BCUT2D eigenvalue weighted by molar-refractivity contribution is -0.121. The van der Waals surface area contributed by atoms with Crippen molar-refractivity contribution in [1.82, 2.24) is 10.6 Å². The molecule has 1 fully saturated rings. The van der Waals surface area contributed by atoms with Crippen LogP contribution in [0.1, 0.15) is 25.7 Å². The molecule has 1 amide bonds. The number of hydrogen-bond acceptors (Lipinski definition) is 3. The lowest BCUT2D eigenvalue weighted by Crippen LogP contribution is -2.32. The highest BCUT2D eigenvalue weighted by molar-refractivity contribution is 7.84. The number of piperidine rings is 1. The largest absolute Gasteiger partial charge is 0.355 e. The Bertz CT molecular complexity index is 240. The molecule has 1 rings (SSSR count). The van der Waals surface area contributed by atoms with Gasteiger partial charge >= 0.3 is 0 Å². The Morgan fingerprint density at radius 3 is 3.00 bits per heavy atom. The third-order valence-corrected chi connectivity index (χ3v) is 3.67. The molecule has 1 heterocycles. The van der Waals surface area contributed by atoms with Crippen molar-refractivity contribution in [2.75, 3.05) is 31.6 Å². The Morgan fingerprint density at radius 1 is 1.56 bits per heavy atom. The zero-order valence-corrected chi connectivity index (χ0v) is 10.8. The molecular weight excluding hydrogens is 224 g/mol. The molecule has 0 aromatic heterocycles. The summed E-state index contributed by atoms with van der Waals surface area (Å²) in [5, 5.41) is 6.15. The van der Waals surface area contributed by atoms with E-state index in [2.05, 4.69) is 10.6 Å². The van der Waals surface area contributed by atoms with E-state index in [0.717, 1.165) is 19.5 Å². The second kappa shape index (κ2) is 7.79. The van der Waals surface area contributed by atoms with Gasteiger partial charge in [0.2, 0.25) is 5.91 Å². The van der Waals surface area contributed by atoms with Crippen LogP contribution in [0, 0.1) is 5.92 Å². The van der Waals surface area contributed by atoms with E-state index in [1.807, 2.05) is 0 Å². The van der Waals surface area contributed by atoms with Gasteiger partial charge in [-0.1, -0.05) is 0 Å². The molecular formula is C11H22N2O2S. The molecule has 94 valence electrons. The lowest BCUT2D eigenvalue weighted by atomic mass is 9.94. The Balaban J connectivity index is 2.02. The molecule has 16 heavy (non-hydrogen) atoms. The fourth-order valence-corrected chi connectivity index (χ4v) is 2.32. The zero-order chi connectivity index (χ0) is 11.8. The molecule has 5 heteroatoms. The maximum atomic E-state index is 11.4. The van der Waals surface area contributed by atoms with Gasteiger partial charge in [-0.15, -0.1) is 0 Å². The van der Waals surface area contributed by atoms with Crippen molar-refractivity contribution in [1.29, 1.82) is 0 Å². The van der Waals surface area contributed by atoms with E-state index in [1.54, 1.807) is 6.26 Å². The van der Waals surface area contributed by atoms with Crippen LogP contribution in [0.25, 0.3) is 0 Å². The number of carbonyl (C=O) groups is 1. The normalized spacial score (nSPS) is 22.7. The van der Waals surface area contributed by atoms with Gasteiger partial charge in [0.25, 0.3) is 0 Å². The Hall–Kier alpha value is -0.420. The summed E-state index contributed by atoms with van der Waals surface area (Å²) in [6, 6.07) is 0. The van der Waals surface area contributed by atoms with Gasteiger partial charge in [0.15, 0.2) is 0 Å². The second-order valence-corrected chi connectivity index (χ2v) is 5.93. The second-order valence-electron chi connectivity index (χ2n) is 4.38. The molecule has 0 aromatic carbocycles. The van der Waals surface area contributed by atoms with Crippen molar-refractivity contribution in [3.63, 3.8) is 0 Å². The average Bonchev–Trinajstić information content (AvgIpc) is 2.27. The van der Waals surface area contributed by atoms with Crippen LogP contribution >= 0.6 is 0 Å². The molecule has 0 aliphatic carbocycles. The van der Waals surface area contributed by atoms with Crippen molar-refractivity contribution >= 4 is 16.7 Å². The average molecular weight is 246 g/mol. The topological polar surface area (TPSA) is 58.2 Å². The van der Waals surface area contributed by atoms with E-state index in [0.29, 0.717) is 24.6 Å². The fourth-order valence-electron chi connectivity index (χ4n) is 1.93. The first-order chi connectivity index (χ1) is 7.68. The van der Waals surface area contributed by atoms with Crippen molar-refractivity contribution in [2.45, 2.75) is 25.7 Å². The molecule has 0 radical (unpaired) electrons. The number of carbonyl (C=O) groups excluding carboxylic acids is 1. The first kappa shape index (κ1) is 13.6. The number of rotatable bonds is 6. The van der Waals surface area contributed by atoms with Crippen molar-refractivity contribution in [3.8, 4) is 0 Å². The Morgan fingerprint density at radius 2 is 2.38 bits per heavy atom. The standard InChI is InChI=1S/C11H22N2O2S/c1-16(15)8-7-13-11(14)5-4-10-3-2-6-12-9-10/h10,12H,2-9H2,1H3,(H,13,14). The van der Waals surface area contributed by atoms with Crippen LogP contribution in [0.2, 0.25) is 0 Å². The van der Waals surface area contributed by atoms with Crippen LogP contribution < -0.4 is 10.6 Å². The molecule has 4 nitrogen and oxygen atoms in total. The van der Waals surface area contributed by atoms with Gasteiger partial charge in [0.1, 0.15) is 0 Å². The summed E-state index contributed by atoms with van der Waals surface area (Å²) in [6.45, 7) is 2.70. The minimum absolute atomic E-state index is 0.0935. The van der Waals surface area contributed by atoms with Crippen LogP contribution in [0.3, 0.4) is 0 Å². The molecule has 2 unspecified atom stereocenters. The van der Waals surface area contributed by atoms with Crippen LogP contribution in [0.4, 0.5) is 0 Å². The first-order valence-corrected chi connectivity index (χ1v) is 7.68. The third-order valence-electron chi connectivity index (χ3n) is 2.89. The summed E-state index contributed by atoms with van der Waals surface area (Å²) >= 11 is 0. The zero-order valence-electron chi connectivity index (χ0n) is 9.96. The van der Waals surface area contributed by atoms with E-state index < -0.39 is 10.8 Å². The predicted octanol–water partition coefficient (Wildman–Crippen LogP) is 0.261. The predicted molar refractivity (Wildman–Crippen MR) is 66.8 cm³/mol. The minimum atomic E-state index is -0.815. The van der Waals surface area contributed by atoms with E-state index in [-0.39, 0.29) is 5.91 Å². The van der Waals surface area contributed by atoms with Gasteiger partial charge in [0, 0.05) is 35.8 Å². The van der Waals surface area contributed by atoms with Crippen molar-refractivity contribution in [3.05, 3.63) is 0 Å². The van der Waals surface area contributed by atoms with Crippen molar-refractivity contribution < 1.29 is 9.00 Å². The van der Waals surface area contributed by atoms with Gasteiger partial charge in [0.05, 0.1) is 0 Å². The van der Waals surface area contributed by atoms with Crippen LogP contribution in [-0.4, -0.2) is 41.8 Å². The van der Waals surface area contributed by atoms with Crippen LogP contribution in [0.5, 0.6) is 0 Å². The van der Waals surface area contributed by atoms with Gasteiger partial charge in [-0.25, -0.2) is 0 Å². The summed E-state index contributed by atoms with van der Waals surface area (Å²) in [5.41, 5.74) is 0. The molecule has 1 saturated heterocycles. The quantitative estimate of drug-likeness (QED) is 0.707. The molecule has 0 bridgehead atoms. The van der Waals surface area contributed by atoms with Crippen LogP contribution in [0.15, 0.2) is 0 Å². The van der Waals surface area contributed by atoms with Crippen LogP contribution in [-0.2, 0) is 15.6 Å². The fraction of sp³-hybridized carbons (Fsp3) is 0.909. The Kier molecular flexibility index (Phi) is 6.64. The van der Waals surface area contributed by atoms with E-state index in [4.69, 9.17) is 0 Å². The summed E-state index contributed by atoms with van der Waals surface area (Å²) < 4.78 is 10.8. The number of hydrogen-bond donors (Lipinski definition) is 2. The SMILES string of the molecule is CS(=O)CCNC(=O)CCC1CCCNC1. The summed E-state index contributed by atoms with van der Waals surface area (Å²) in [5.74, 6) is 1.30. The molecule has 2 atom stereocenters. The summed E-state index contributed by atoms with van der Waals surface area (Å²) in [4.78, 5) is 11.4. The monoisotopic (exact) mass is 246 g/mol. The molecule has 0 saturated carbocycles. The number of nitrogens with one attached hydrogen (secondary N) is 2. The van der Waals surface area contributed by atoms with Gasteiger partial charge in [-0.3, -0.25) is 9.00 Å². The minimum Gasteiger partial charge on any atom is -0.355 e. The highest BCUT2D eigenvalue weighted by atomic mass is 32.2. The summed E-state index contributed by atoms with van der Waals surface area (Å²) in [6.07, 6.45) is 5.68. The highest BCUT2D eigenvalue weighted by Gasteiger charge is 2.14. The molecule has 2 N–H and O–H groups in total. The van der Waals surface area contributed by atoms with E-state index in [9.17, 15) is 9.00 Å². The Labute approximate surface area is 100 Å². The first-order valence-electron chi connectivity index (χ1n) is 5.96. The molecule has 1 aliphatic heterocycles. The third kappa shape index (κ3) is 6.23. The van der Waals surface area contributed by atoms with Gasteiger partial charge < -0.3 is 10.6 Å². The summed E-state index contributed by atoms with van der Waals surface area (Å²) in [7, 11) is -0.815. The molecule has 0 aromatic rings. The van der Waals surface area contributed by atoms with E-state index in [1.165, 1.54) is 12.8 Å². The van der Waals surface area contributed by atoms with Gasteiger partial charge in [-0.05, 0) is 38.3 Å². The van der Waals surface area contributed by atoms with E-state index >= 15 is 0 Å². The lowest BCUT2D eigenvalue weighted by Gasteiger charge is -2.22. The van der Waals surface area contributed by atoms with Crippen molar-refractivity contribution in [2.24, 2.45) is 5.92 Å². The molecule has 0 spiro atoms. The molecule has 1 aliphatic rings. The maximum absolute atomic E-state index is 11.4. The number of amides is 1.